The number of aliphatic hydroxyl groups excluding tert-OH is 1. The lowest BCUT2D eigenvalue weighted by Gasteiger charge is -2.17. The lowest BCUT2D eigenvalue weighted by molar-refractivity contribution is -0.142. The molecule has 2 unspecified atom stereocenters. The summed E-state index contributed by atoms with van der Waals surface area (Å²) in [6.07, 6.45) is -0.884. The van der Waals surface area contributed by atoms with Crippen molar-refractivity contribution in [1.29, 1.82) is 0 Å². The average molecular weight is 414 g/mol. The summed E-state index contributed by atoms with van der Waals surface area (Å²) >= 11 is -1.45. The molecule has 152 valence electrons. The van der Waals surface area contributed by atoms with E-state index in [1.807, 2.05) is 30.3 Å². The fourth-order valence-electron chi connectivity index (χ4n) is 2.79. The molecular formula is C22H22O6S. The molecule has 0 heterocycles. The van der Waals surface area contributed by atoms with Crippen LogP contribution in [0.4, 0.5) is 0 Å². The SMILES string of the molecule is COC(=O)COc1cccc2c([S+]([O-])CC(O)COc3ccccc3)cccc12. The van der Waals surface area contributed by atoms with Crippen molar-refractivity contribution in [2.75, 3.05) is 26.1 Å². The highest BCUT2D eigenvalue weighted by Gasteiger charge is 2.21. The molecule has 29 heavy (non-hydrogen) atoms. The molecule has 3 aromatic rings. The van der Waals surface area contributed by atoms with Crippen molar-refractivity contribution < 1.29 is 28.7 Å². The van der Waals surface area contributed by atoms with Gasteiger partial charge in [0.2, 0.25) is 0 Å². The Morgan fingerprint density at radius 1 is 1.00 bits per heavy atom. The van der Waals surface area contributed by atoms with Gasteiger partial charge in [-0.2, -0.15) is 0 Å². The highest BCUT2D eigenvalue weighted by atomic mass is 32.2. The first-order chi connectivity index (χ1) is 14.1. The van der Waals surface area contributed by atoms with Crippen molar-refractivity contribution in [1.82, 2.24) is 0 Å². The third-order valence-electron chi connectivity index (χ3n) is 4.19. The standard InChI is InChI=1S/C22H22O6S/c1-26-22(24)14-28-20-11-5-10-19-18(20)9-6-12-21(19)29(25)15-16(23)13-27-17-7-3-2-4-8-17/h2-12,16,23H,13-15H2,1H3. The van der Waals surface area contributed by atoms with Crippen LogP contribution in [0.25, 0.3) is 10.8 Å². The number of hydrogen-bond acceptors (Lipinski definition) is 6. The van der Waals surface area contributed by atoms with E-state index in [2.05, 4.69) is 4.74 Å². The van der Waals surface area contributed by atoms with Gasteiger partial charge in [0.25, 0.3) is 0 Å². The molecule has 0 saturated carbocycles. The number of hydrogen-bond donors (Lipinski definition) is 1. The number of carbonyl (C=O) groups excluding carboxylic acids is 1. The fourth-order valence-corrected chi connectivity index (χ4v) is 4.07. The molecule has 0 radical (unpaired) electrons. The predicted molar refractivity (Wildman–Crippen MR) is 111 cm³/mol. The van der Waals surface area contributed by atoms with Crippen LogP contribution in [-0.4, -0.2) is 47.8 Å². The molecule has 0 bridgehead atoms. The highest BCUT2D eigenvalue weighted by Crippen LogP contribution is 2.31. The van der Waals surface area contributed by atoms with Crippen molar-refractivity contribution in [3.63, 3.8) is 0 Å². The highest BCUT2D eigenvalue weighted by molar-refractivity contribution is 7.91. The summed E-state index contributed by atoms with van der Waals surface area (Å²) in [4.78, 5) is 11.9. The van der Waals surface area contributed by atoms with E-state index < -0.39 is 23.2 Å². The van der Waals surface area contributed by atoms with Gasteiger partial charge in [-0.1, -0.05) is 36.4 Å². The molecule has 3 rings (SSSR count). The molecule has 2 atom stereocenters. The fraction of sp³-hybridized carbons (Fsp3) is 0.227. The smallest absolute Gasteiger partial charge is 0.343 e. The van der Waals surface area contributed by atoms with Crippen LogP contribution in [-0.2, 0) is 20.7 Å². The molecule has 0 fully saturated rings. The van der Waals surface area contributed by atoms with Crippen LogP contribution in [0.3, 0.4) is 0 Å². The first kappa shape index (κ1) is 21.0. The normalized spacial score (nSPS) is 12.9. The Hall–Kier alpha value is -2.74. The number of ether oxygens (including phenoxy) is 3. The van der Waals surface area contributed by atoms with Gasteiger partial charge in [0.15, 0.2) is 11.5 Å². The van der Waals surface area contributed by atoms with Crippen molar-refractivity contribution in [2.24, 2.45) is 0 Å². The van der Waals surface area contributed by atoms with E-state index in [4.69, 9.17) is 9.47 Å². The Balaban J connectivity index is 1.70. The minimum absolute atomic E-state index is 0.0409. The zero-order chi connectivity index (χ0) is 20.6. The van der Waals surface area contributed by atoms with E-state index in [-0.39, 0.29) is 19.0 Å². The topological polar surface area (TPSA) is 88.1 Å². The van der Waals surface area contributed by atoms with Gasteiger partial charge in [0, 0.05) is 10.8 Å². The molecule has 7 heteroatoms. The van der Waals surface area contributed by atoms with E-state index in [0.29, 0.717) is 16.4 Å². The van der Waals surface area contributed by atoms with Gasteiger partial charge in [-0.15, -0.1) is 0 Å². The maximum atomic E-state index is 12.9. The lowest BCUT2D eigenvalue weighted by Crippen LogP contribution is -2.27. The number of carbonyl (C=O) groups is 1. The van der Waals surface area contributed by atoms with Crippen LogP contribution < -0.4 is 9.47 Å². The molecule has 0 spiro atoms. The second kappa shape index (κ2) is 10.2. The Bertz CT molecular complexity index is 946. The van der Waals surface area contributed by atoms with Crippen LogP contribution in [0, 0.1) is 0 Å². The number of rotatable bonds is 9. The van der Waals surface area contributed by atoms with Crippen molar-refractivity contribution in [2.45, 2.75) is 11.0 Å². The third-order valence-corrected chi connectivity index (χ3v) is 5.72. The van der Waals surface area contributed by atoms with E-state index in [1.54, 1.807) is 36.4 Å². The Morgan fingerprint density at radius 2 is 1.72 bits per heavy atom. The van der Waals surface area contributed by atoms with Crippen molar-refractivity contribution in [3.8, 4) is 11.5 Å². The Morgan fingerprint density at radius 3 is 2.48 bits per heavy atom. The monoisotopic (exact) mass is 414 g/mol. The first-order valence-corrected chi connectivity index (χ1v) is 10.4. The molecule has 3 aromatic carbocycles. The molecule has 0 aliphatic carbocycles. The quantitative estimate of drug-likeness (QED) is 0.428. The number of aliphatic hydroxyl groups is 1. The van der Waals surface area contributed by atoms with E-state index in [9.17, 15) is 14.5 Å². The summed E-state index contributed by atoms with van der Waals surface area (Å²) in [7, 11) is 1.29. The molecule has 0 aliphatic heterocycles. The van der Waals surface area contributed by atoms with Crippen molar-refractivity contribution >= 4 is 27.9 Å². The van der Waals surface area contributed by atoms with E-state index in [0.717, 1.165) is 10.8 Å². The molecule has 1 N–H and O–H groups in total. The third kappa shape index (κ3) is 5.63. The summed E-state index contributed by atoms with van der Waals surface area (Å²) in [5.41, 5.74) is 0. The number of esters is 1. The second-order valence-electron chi connectivity index (χ2n) is 6.26. The molecule has 6 nitrogen and oxygen atoms in total. The average Bonchev–Trinajstić information content (AvgIpc) is 2.76. The zero-order valence-electron chi connectivity index (χ0n) is 15.9. The maximum absolute atomic E-state index is 12.9. The van der Waals surface area contributed by atoms with Gasteiger partial charge in [-0.05, 0) is 41.5 Å². The summed E-state index contributed by atoms with van der Waals surface area (Å²) in [5, 5.41) is 11.7. The van der Waals surface area contributed by atoms with Gasteiger partial charge in [0.05, 0.1) is 7.11 Å². The number of methoxy groups -OCH3 is 1. The van der Waals surface area contributed by atoms with Crippen LogP contribution >= 0.6 is 0 Å². The van der Waals surface area contributed by atoms with Gasteiger partial charge < -0.3 is 23.9 Å². The summed E-state index contributed by atoms with van der Waals surface area (Å²) in [5.74, 6) is 0.706. The van der Waals surface area contributed by atoms with Gasteiger partial charge in [-0.25, -0.2) is 4.79 Å². The summed E-state index contributed by atoms with van der Waals surface area (Å²) in [6, 6.07) is 19.9. The second-order valence-corrected chi connectivity index (χ2v) is 7.73. The van der Waals surface area contributed by atoms with Gasteiger partial charge in [-0.3, -0.25) is 0 Å². The Labute approximate surface area is 172 Å². The largest absolute Gasteiger partial charge is 0.611 e. The van der Waals surface area contributed by atoms with E-state index in [1.165, 1.54) is 7.11 Å². The maximum Gasteiger partial charge on any atom is 0.343 e. The molecule has 0 aliphatic rings. The minimum Gasteiger partial charge on any atom is -0.611 e. The lowest BCUT2D eigenvalue weighted by atomic mass is 10.1. The number of benzene rings is 3. The molecular weight excluding hydrogens is 392 g/mol. The summed E-state index contributed by atoms with van der Waals surface area (Å²) < 4.78 is 28.5. The van der Waals surface area contributed by atoms with Gasteiger partial charge >= 0.3 is 5.97 Å². The Kier molecular flexibility index (Phi) is 7.35. The number of fused-ring (bicyclic) bond motifs is 1. The molecule has 0 amide bonds. The van der Waals surface area contributed by atoms with Crippen LogP contribution in [0.2, 0.25) is 0 Å². The van der Waals surface area contributed by atoms with E-state index >= 15 is 0 Å². The first-order valence-electron chi connectivity index (χ1n) is 9.04. The predicted octanol–water partition coefficient (Wildman–Crippen LogP) is 2.94. The zero-order valence-corrected chi connectivity index (χ0v) is 16.8. The van der Waals surface area contributed by atoms with Crippen LogP contribution in [0.15, 0.2) is 71.6 Å². The number of para-hydroxylation sites is 1. The molecule has 0 aromatic heterocycles. The van der Waals surface area contributed by atoms with Crippen LogP contribution in [0.1, 0.15) is 0 Å². The minimum atomic E-state index is -1.45. The van der Waals surface area contributed by atoms with Gasteiger partial charge in [0.1, 0.15) is 30.0 Å². The molecule has 0 saturated heterocycles. The van der Waals surface area contributed by atoms with Crippen LogP contribution in [0.5, 0.6) is 11.5 Å². The summed E-state index contributed by atoms with van der Waals surface area (Å²) in [6.45, 7) is -0.160. The van der Waals surface area contributed by atoms with Crippen molar-refractivity contribution in [3.05, 3.63) is 66.7 Å².